The van der Waals surface area contributed by atoms with Crippen molar-refractivity contribution in [2.75, 3.05) is 26.2 Å². The predicted octanol–water partition coefficient (Wildman–Crippen LogP) is 1.97. The minimum absolute atomic E-state index is 0.386. The fraction of sp³-hybridized carbons (Fsp3) is 0.643. The maximum absolute atomic E-state index is 8.64. The van der Waals surface area contributed by atoms with Gasteiger partial charge in [-0.05, 0) is 44.0 Å². The van der Waals surface area contributed by atoms with Crippen molar-refractivity contribution in [3.05, 3.63) is 23.7 Å². The maximum atomic E-state index is 8.64. The molecule has 2 rings (SSSR count). The van der Waals surface area contributed by atoms with Crippen LogP contribution in [0.25, 0.3) is 0 Å². The molecule has 1 fully saturated rings. The van der Waals surface area contributed by atoms with Gasteiger partial charge in [0.2, 0.25) is 5.76 Å². The lowest BCUT2D eigenvalue weighted by molar-refractivity contribution is 0.192. The van der Waals surface area contributed by atoms with Crippen LogP contribution in [0.2, 0.25) is 0 Å². The molecule has 2 heterocycles. The number of nitriles is 1. The maximum Gasteiger partial charge on any atom is 0.203 e. The minimum atomic E-state index is 0.386. The fourth-order valence-corrected chi connectivity index (χ4v) is 2.27. The first-order valence-corrected chi connectivity index (χ1v) is 6.70. The summed E-state index contributed by atoms with van der Waals surface area (Å²) in [6, 6.07) is 5.56. The van der Waals surface area contributed by atoms with Gasteiger partial charge in [0, 0.05) is 13.1 Å². The Bertz CT molecular complexity index is 399. The third kappa shape index (κ3) is 3.86. The summed E-state index contributed by atoms with van der Waals surface area (Å²) in [5.41, 5.74) is 0. The Morgan fingerprint density at radius 3 is 2.89 bits per heavy atom. The van der Waals surface area contributed by atoms with Crippen molar-refractivity contribution in [1.29, 1.82) is 5.26 Å². The largest absolute Gasteiger partial charge is 0.449 e. The van der Waals surface area contributed by atoms with Crippen molar-refractivity contribution in [2.45, 2.75) is 26.3 Å². The molecule has 0 aliphatic carbocycles. The van der Waals surface area contributed by atoms with Crippen LogP contribution in [-0.4, -0.2) is 31.1 Å². The number of likely N-dealkylation sites (tertiary alicyclic amines) is 1. The summed E-state index contributed by atoms with van der Waals surface area (Å²) in [6.45, 7) is 7.55. The van der Waals surface area contributed by atoms with E-state index in [2.05, 4.69) is 17.1 Å². The number of hydrogen-bond acceptors (Lipinski definition) is 4. The first kappa shape index (κ1) is 13.1. The number of nitrogens with one attached hydrogen (secondary N) is 1. The van der Waals surface area contributed by atoms with Crippen molar-refractivity contribution in [1.82, 2.24) is 10.2 Å². The van der Waals surface area contributed by atoms with Gasteiger partial charge in [0.15, 0.2) is 0 Å². The summed E-state index contributed by atoms with van der Waals surface area (Å²) in [5, 5.41) is 12.0. The lowest BCUT2D eigenvalue weighted by atomic mass is 9.99. The van der Waals surface area contributed by atoms with Crippen molar-refractivity contribution >= 4 is 0 Å². The smallest absolute Gasteiger partial charge is 0.203 e. The molecule has 1 aromatic rings. The third-order valence-electron chi connectivity index (χ3n) is 3.55. The Labute approximate surface area is 109 Å². The quantitative estimate of drug-likeness (QED) is 0.808. The molecule has 1 aromatic heterocycles. The van der Waals surface area contributed by atoms with Gasteiger partial charge in [-0.15, -0.1) is 0 Å². The van der Waals surface area contributed by atoms with Crippen LogP contribution in [0.5, 0.6) is 0 Å². The Kier molecular flexibility index (Phi) is 4.80. The SMILES string of the molecule is CC1CCN(CCNCc2ccc(C#N)o2)CC1. The molecule has 0 unspecified atom stereocenters. The lowest BCUT2D eigenvalue weighted by Gasteiger charge is -2.30. The van der Waals surface area contributed by atoms with Crippen molar-refractivity contribution in [3.8, 4) is 6.07 Å². The third-order valence-corrected chi connectivity index (χ3v) is 3.55. The zero-order valence-corrected chi connectivity index (χ0v) is 11.0. The summed E-state index contributed by atoms with van der Waals surface area (Å²) in [7, 11) is 0. The topological polar surface area (TPSA) is 52.2 Å². The van der Waals surface area contributed by atoms with Gasteiger partial charge >= 0.3 is 0 Å². The molecular formula is C14H21N3O. The second kappa shape index (κ2) is 6.58. The van der Waals surface area contributed by atoms with Gasteiger partial charge in [-0.2, -0.15) is 5.26 Å². The van der Waals surface area contributed by atoms with E-state index < -0.39 is 0 Å². The number of rotatable bonds is 5. The summed E-state index contributed by atoms with van der Waals surface area (Å²) in [5.74, 6) is 2.11. The average molecular weight is 247 g/mol. The summed E-state index contributed by atoms with van der Waals surface area (Å²) in [6.07, 6.45) is 2.65. The number of piperidine rings is 1. The zero-order valence-electron chi connectivity index (χ0n) is 11.0. The van der Waals surface area contributed by atoms with E-state index in [1.807, 2.05) is 12.1 Å². The van der Waals surface area contributed by atoms with Crippen LogP contribution in [0.3, 0.4) is 0 Å². The van der Waals surface area contributed by atoms with E-state index in [1.165, 1.54) is 25.9 Å². The van der Waals surface area contributed by atoms with Crippen LogP contribution < -0.4 is 5.32 Å². The highest BCUT2D eigenvalue weighted by molar-refractivity contribution is 5.18. The highest BCUT2D eigenvalue weighted by atomic mass is 16.3. The molecule has 0 saturated carbocycles. The van der Waals surface area contributed by atoms with E-state index in [0.717, 1.165) is 24.8 Å². The average Bonchev–Trinajstić information content (AvgIpc) is 2.85. The molecule has 1 saturated heterocycles. The summed E-state index contributed by atoms with van der Waals surface area (Å²) in [4.78, 5) is 2.51. The zero-order chi connectivity index (χ0) is 12.8. The standard InChI is InChI=1S/C14H21N3O/c1-12-4-7-17(8-5-12)9-6-16-11-14-3-2-13(10-15)18-14/h2-3,12,16H,4-9,11H2,1H3. The highest BCUT2D eigenvalue weighted by Crippen LogP contribution is 2.15. The van der Waals surface area contributed by atoms with E-state index in [9.17, 15) is 0 Å². The van der Waals surface area contributed by atoms with Crippen molar-refractivity contribution in [2.24, 2.45) is 5.92 Å². The summed E-state index contributed by atoms with van der Waals surface area (Å²) < 4.78 is 5.30. The van der Waals surface area contributed by atoms with Gasteiger partial charge < -0.3 is 14.6 Å². The van der Waals surface area contributed by atoms with Crippen LogP contribution in [0.1, 0.15) is 31.3 Å². The Hall–Kier alpha value is -1.31. The minimum Gasteiger partial charge on any atom is -0.449 e. The van der Waals surface area contributed by atoms with E-state index >= 15 is 0 Å². The predicted molar refractivity (Wildman–Crippen MR) is 70.0 cm³/mol. The number of nitrogens with zero attached hydrogens (tertiary/aromatic N) is 2. The van der Waals surface area contributed by atoms with Gasteiger partial charge in [-0.3, -0.25) is 0 Å². The fourth-order valence-electron chi connectivity index (χ4n) is 2.27. The molecule has 0 amide bonds. The molecule has 1 N–H and O–H groups in total. The van der Waals surface area contributed by atoms with Gasteiger partial charge in [0.05, 0.1) is 6.54 Å². The van der Waals surface area contributed by atoms with Gasteiger partial charge in [0.1, 0.15) is 11.8 Å². The van der Waals surface area contributed by atoms with Crippen molar-refractivity contribution in [3.63, 3.8) is 0 Å². The van der Waals surface area contributed by atoms with Crippen LogP contribution in [0, 0.1) is 17.2 Å². The summed E-state index contributed by atoms with van der Waals surface area (Å²) >= 11 is 0. The van der Waals surface area contributed by atoms with E-state index in [0.29, 0.717) is 12.3 Å². The molecule has 0 bridgehead atoms. The molecule has 4 heteroatoms. The van der Waals surface area contributed by atoms with Crippen molar-refractivity contribution < 1.29 is 4.42 Å². The molecule has 1 aliphatic heterocycles. The molecule has 0 radical (unpaired) electrons. The number of hydrogen-bond donors (Lipinski definition) is 1. The van der Waals surface area contributed by atoms with Crippen LogP contribution in [0.4, 0.5) is 0 Å². The van der Waals surface area contributed by atoms with E-state index in [4.69, 9.17) is 9.68 Å². The number of furan rings is 1. The molecular weight excluding hydrogens is 226 g/mol. The van der Waals surface area contributed by atoms with E-state index in [1.54, 1.807) is 6.07 Å². The van der Waals surface area contributed by atoms with Gasteiger partial charge in [-0.25, -0.2) is 0 Å². The first-order valence-electron chi connectivity index (χ1n) is 6.70. The molecule has 0 atom stereocenters. The second-order valence-corrected chi connectivity index (χ2v) is 5.08. The van der Waals surface area contributed by atoms with Crippen LogP contribution in [0.15, 0.2) is 16.5 Å². The molecule has 4 nitrogen and oxygen atoms in total. The molecule has 1 aliphatic rings. The Morgan fingerprint density at radius 2 is 2.22 bits per heavy atom. The molecule has 98 valence electrons. The molecule has 0 spiro atoms. The molecule has 0 aromatic carbocycles. The van der Waals surface area contributed by atoms with Gasteiger partial charge in [0.25, 0.3) is 0 Å². The molecule has 18 heavy (non-hydrogen) atoms. The van der Waals surface area contributed by atoms with E-state index in [-0.39, 0.29) is 0 Å². The second-order valence-electron chi connectivity index (χ2n) is 5.08. The Morgan fingerprint density at radius 1 is 1.44 bits per heavy atom. The Balaban J connectivity index is 1.60. The van der Waals surface area contributed by atoms with Crippen LogP contribution >= 0.6 is 0 Å². The lowest BCUT2D eigenvalue weighted by Crippen LogP contribution is -2.37. The van der Waals surface area contributed by atoms with Gasteiger partial charge in [-0.1, -0.05) is 6.92 Å². The normalized spacial score (nSPS) is 17.8. The highest BCUT2D eigenvalue weighted by Gasteiger charge is 2.14. The monoisotopic (exact) mass is 247 g/mol. The van der Waals surface area contributed by atoms with Crippen LogP contribution in [-0.2, 0) is 6.54 Å². The first-order chi connectivity index (χ1) is 8.78.